The highest BCUT2D eigenvalue weighted by molar-refractivity contribution is 5.99. The second kappa shape index (κ2) is 7.26. The number of halogens is 1. The van der Waals surface area contributed by atoms with Crippen LogP contribution in [0.3, 0.4) is 0 Å². The molecule has 1 fully saturated rings. The van der Waals surface area contributed by atoms with Gasteiger partial charge in [-0.25, -0.2) is 0 Å². The van der Waals surface area contributed by atoms with Crippen LogP contribution < -0.4 is 10.6 Å². The molecule has 1 atom stereocenters. The van der Waals surface area contributed by atoms with E-state index in [0.29, 0.717) is 17.7 Å². The van der Waals surface area contributed by atoms with Crippen molar-refractivity contribution in [3.63, 3.8) is 0 Å². The number of carbonyl (C=O) groups excluding carboxylic acids is 2. The summed E-state index contributed by atoms with van der Waals surface area (Å²) in [6.45, 7) is 2.72. The number of amides is 1. The lowest BCUT2D eigenvalue weighted by Gasteiger charge is -2.11. The Morgan fingerprint density at radius 1 is 1.42 bits per heavy atom. The lowest BCUT2D eigenvalue weighted by atomic mass is 10.1. The average molecular weight is 283 g/mol. The smallest absolute Gasteiger partial charge is 0.241 e. The Morgan fingerprint density at radius 3 is 2.84 bits per heavy atom. The third kappa shape index (κ3) is 4.04. The van der Waals surface area contributed by atoms with Crippen molar-refractivity contribution >= 4 is 29.8 Å². The molecule has 2 rings (SSSR count). The molecule has 0 spiro atoms. The molecule has 1 unspecified atom stereocenters. The van der Waals surface area contributed by atoms with Crippen molar-refractivity contribution in [1.29, 1.82) is 0 Å². The van der Waals surface area contributed by atoms with E-state index in [1.165, 1.54) is 0 Å². The van der Waals surface area contributed by atoms with Crippen LogP contribution >= 0.6 is 12.4 Å². The van der Waals surface area contributed by atoms with Gasteiger partial charge in [-0.1, -0.05) is 19.1 Å². The summed E-state index contributed by atoms with van der Waals surface area (Å²) >= 11 is 0. The van der Waals surface area contributed by atoms with Crippen LogP contribution in [0.15, 0.2) is 24.3 Å². The SMILES string of the molecule is CCC(=O)c1cccc(NC(=O)C2CCCN2)c1.Cl. The van der Waals surface area contributed by atoms with Gasteiger partial charge in [0.2, 0.25) is 5.91 Å². The monoisotopic (exact) mass is 282 g/mol. The third-order valence-electron chi connectivity index (χ3n) is 3.15. The molecule has 0 saturated carbocycles. The maximum Gasteiger partial charge on any atom is 0.241 e. The van der Waals surface area contributed by atoms with E-state index < -0.39 is 0 Å². The van der Waals surface area contributed by atoms with Gasteiger partial charge in [-0.05, 0) is 31.5 Å². The van der Waals surface area contributed by atoms with E-state index in [1.54, 1.807) is 24.3 Å². The molecule has 1 aliphatic heterocycles. The lowest BCUT2D eigenvalue weighted by molar-refractivity contribution is -0.117. The van der Waals surface area contributed by atoms with E-state index in [4.69, 9.17) is 0 Å². The molecule has 1 heterocycles. The van der Waals surface area contributed by atoms with Gasteiger partial charge >= 0.3 is 0 Å². The van der Waals surface area contributed by atoms with Crippen LogP contribution in [0, 0.1) is 0 Å². The fraction of sp³-hybridized carbons (Fsp3) is 0.429. The highest BCUT2D eigenvalue weighted by Gasteiger charge is 2.21. The summed E-state index contributed by atoms with van der Waals surface area (Å²) in [6, 6.07) is 7.00. The first kappa shape index (κ1) is 15.7. The van der Waals surface area contributed by atoms with E-state index in [1.807, 2.05) is 6.92 Å². The molecule has 2 N–H and O–H groups in total. The number of Topliss-reactive ketones (excluding diaryl/α,β-unsaturated/α-hetero) is 1. The van der Waals surface area contributed by atoms with Crippen molar-refractivity contribution in [3.05, 3.63) is 29.8 Å². The van der Waals surface area contributed by atoms with Crippen molar-refractivity contribution in [2.75, 3.05) is 11.9 Å². The number of carbonyl (C=O) groups is 2. The minimum Gasteiger partial charge on any atom is -0.325 e. The van der Waals surface area contributed by atoms with Crippen LogP contribution in [-0.4, -0.2) is 24.3 Å². The van der Waals surface area contributed by atoms with Crippen LogP contribution in [0.25, 0.3) is 0 Å². The molecule has 1 amide bonds. The summed E-state index contributed by atoms with van der Waals surface area (Å²) in [5.74, 6) is 0.0682. The summed E-state index contributed by atoms with van der Waals surface area (Å²) in [7, 11) is 0. The molecule has 104 valence electrons. The zero-order valence-electron chi connectivity index (χ0n) is 10.9. The van der Waals surface area contributed by atoms with E-state index in [9.17, 15) is 9.59 Å². The maximum absolute atomic E-state index is 11.9. The van der Waals surface area contributed by atoms with Crippen molar-refractivity contribution < 1.29 is 9.59 Å². The maximum atomic E-state index is 11.9. The van der Waals surface area contributed by atoms with Crippen LogP contribution in [0.4, 0.5) is 5.69 Å². The van der Waals surface area contributed by atoms with Gasteiger partial charge in [-0.15, -0.1) is 12.4 Å². The standard InChI is InChI=1S/C14H18N2O2.ClH/c1-2-13(17)10-5-3-6-11(9-10)16-14(18)12-7-4-8-15-12;/h3,5-6,9,12,15H,2,4,7-8H2,1H3,(H,16,18);1H. The van der Waals surface area contributed by atoms with E-state index in [2.05, 4.69) is 10.6 Å². The molecule has 0 radical (unpaired) electrons. The number of anilines is 1. The minimum absolute atomic E-state index is 0. The predicted octanol–water partition coefficient (Wildman–Crippen LogP) is 2.39. The van der Waals surface area contributed by atoms with E-state index in [0.717, 1.165) is 19.4 Å². The zero-order chi connectivity index (χ0) is 13.0. The second-order valence-electron chi connectivity index (χ2n) is 4.50. The number of ketones is 1. The van der Waals surface area contributed by atoms with E-state index >= 15 is 0 Å². The Hall–Kier alpha value is -1.39. The molecule has 1 aromatic rings. The second-order valence-corrected chi connectivity index (χ2v) is 4.50. The van der Waals surface area contributed by atoms with Gasteiger partial charge in [-0.2, -0.15) is 0 Å². The number of nitrogens with one attached hydrogen (secondary N) is 2. The summed E-state index contributed by atoms with van der Waals surface area (Å²) < 4.78 is 0. The summed E-state index contributed by atoms with van der Waals surface area (Å²) in [5, 5.41) is 6.00. The number of rotatable bonds is 4. The van der Waals surface area contributed by atoms with Gasteiger partial charge in [0.15, 0.2) is 5.78 Å². The average Bonchev–Trinajstić information content (AvgIpc) is 2.92. The van der Waals surface area contributed by atoms with Gasteiger partial charge < -0.3 is 10.6 Å². The van der Waals surface area contributed by atoms with Crippen LogP contribution in [0.2, 0.25) is 0 Å². The first-order valence-electron chi connectivity index (χ1n) is 6.38. The van der Waals surface area contributed by atoms with Gasteiger partial charge in [0.05, 0.1) is 6.04 Å². The van der Waals surface area contributed by atoms with Gasteiger partial charge in [0.25, 0.3) is 0 Å². The molecule has 4 nitrogen and oxygen atoms in total. The molecule has 5 heteroatoms. The van der Waals surface area contributed by atoms with Gasteiger partial charge in [0.1, 0.15) is 0 Å². The molecule has 0 bridgehead atoms. The van der Waals surface area contributed by atoms with E-state index in [-0.39, 0.29) is 30.1 Å². The molecule has 0 aliphatic carbocycles. The predicted molar refractivity (Wildman–Crippen MR) is 78.0 cm³/mol. The Balaban J connectivity index is 0.00000180. The largest absolute Gasteiger partial charge is 0.325 e. The lowest BCUT2D eigenvalue weighted by Crippen LogP contribution is -2.35. The number of benzene rings is 1. The van der Waals surface area contributed by atoms with Crippen LogP contribution in [0.1, 0.15) is 36.5 Å². The highest BCUT2D eigenvalue weighted by atomic mass is 35.5. The minimum atomic E-state index is -0.101. The Kier molecular flexibility index (Phi) is 5.99. The fourth-order valence-corrected chi connectivity index (χ4v) is 2.11. The van der Waals surface area contributed by atoms with Crippen molar-refractivity contribution in [1.82, 2.24) is 5.32 Å². The number of hydrogen-bond acceptors (Lipinski definition) is 3. The van der Waals surface area contributed by atoms with Crippen molar-refractivity contribution in [3.8, 4) is 0 Å². The summed E-state index contributed by atoms with van der Waals surface area (Å²) in [5.41, 5.74) is 1.34. The summed E-state index contributed by atoms with van der Waals surface area (Å²) in [6.07, 6.45) is 2.38. The first-order chi connectivity index (χ1) is 8.70. The van der Waals surface area contributed by atoms with Crippen LogP contribution in [0.5, 0.6) is 0 Å². The molecular formula is C14H19ClN2O2. The Labute approximate surface area is 119 Å². The number of hydrogen-bond donors (Lipinski definition) is 2. The highest BCUT2D eigenvalue weighted by Crippen LogP contribution is 2.14. The Morgan fingerprint density at radius 2 is 2.21 bits per heavy atom. The molecular weight excluding hydrogens is 264 g/mol. The fourth-order valence-electron chi connectivity index (χ4n) is 2.11. The van der Waals surface area contributed by atoms with Crippen molar-refractivity contribution in [2.45, 2.75) is 32.2 Å². The summed E-state index contributed by atoms with van der Waals surface area (Å²) in [4.78, 5) is 23.5. The quantitative estimate of drug-likeness (QED) is 0.834. The zero-order valence-corrected chi connectivity index (χ0v) is 11.8. The molecule has 0 aromatic heterocycles. The first-order valence-corrected chi connectivity index (χ1v) is 6.38. The normalized spacial score (nSPS) is 17.6. The van der Waals surface area contributed by atoms with Crippen LogP contribution in [-0.2, 0) is 4.79 Å². The van der Waals surface area contributed by atoms with Crippen molar-refractivity contribution in [2.24, 2.45) is 0 Å². The molecule has 1 aromatic carbocycles. The van der Waals surface area contributed by atoms with Gasteiger partial charge in [-0.3, -0.25) is 9.59 Å². The molecule has 1 aliphatic rings. The third-order valence-corrected chi connectivity index (χ3v) is 3.15. The molecule has 1 saturated heterocycles. The Bertz CT molecular complexity index is 457. The molecule has 19 heavy (non-hydrogen) atoms. The topological polar surface area (TPSA) is 58.2 Å². The van der Waals surface area contributed by atoms with Gasteiger partial charge in [0, 0.05) is 17.7 Å².